The second-order valence-corrected chi connectivity index (χ2v) is 15.1. The number of thiophene rings is 1. The molecule has 0 spiro atoms. The lowest BCUT2D eigenvalue weighted by atomic mass is 9.87. The largest absolute Gasteiger partial charge is 0.456 e. The third-order valence-corrected chi connectivity index (χ3v) is 11.2. The highest BCUT2D eigenvalue weighted by molar-refractivity contribution is 7.25. The zero-order chi connectivity index (χ0) is 32.9. The summed E-state index contributed by atoms with van der Waals surface area (Å²) in [6.45, 7) is 6.75. The summed E-state index contributed by atoms with van der Waals surface area (Å²) < 4.78 is 8.87. The second kappa shape index (κ2) is 10.4. The van der Waals surface area contributed by atoms with Crippen LogP contribution in [-0.4, -0.2) is 4.98 Å². The maximum atomic E-state index is 6.23. The van der Waals surface area contributed by atoms with Gasteiger partial charge in [-0.2, -0.15) is 0 Å². The summed E-state index contributed by atoms with van der Waals surface area (Å²) in [6.07, 6.45) is 1.94. The minimum Gasteiger partial charge on any atom is -0.456 e. The van der Waals surface area contributed by atoms with Crippen LogP contribution in [-0.2, 0) is 5.41 Å². The van der Waals surface area contributed by atoms with Gasteiger partial charge in [-0.05, 0) is 110 Å². The Morgan fingerprint density at radius 2 is 1.10 bits per heavy atom. The first kappa shape index (κ1) is 28.3. The summed E-state index contributed by atoms with van der Waals surface area (Å²) in [5.74, 6) is 0.885. The first-order chi connectivity index (χ1) is 23.9. The molecule has 234 valence electrons. The molecular weight excluding hydrogens is 617 g/mol. The zero-order valence-electron chi connectivity index (χ0n) is 27.5. The van der Waals surface area contributed by atoms with Crippen molar-refractivity contribution in [3.05, 3.63) is 145 Å². The third kappa shape index (κ3) is 4.37. The predicted octanol–water partition coefficient (Wildman–Crippen LogP) is 13.6. The van der Waals surface area contributed by atoms with E-state index in [-0.39, 0.29) is 5.41 Å². The summed E-state index contributed by atoms with van der Waals surface area (Å²) in [4.78, 5) is 7.28. The smallest absolute Gasteiger partial charge is 0.137 e. The van der Waals surface area contributed by atoms with E-state index >= 15 is 0 Å². The first-order valence-electron chi connectivity index (χ1n) is 16.8. The van der Waals surface area contributed by atoms with Crippen LogP contribution in [0.5, 0.6) is 0 Å². The van der Waals surface area contributed by atoms with Crippen LogP contribution in [0.25, 0.3) is 74.4 Å². The Labute approximate surface area is 287 Å². The third-order valence-electron chi connectivity index (χ3n) is 10.0. The van der Waals surface area contributed by atoms with Gasteiger partial charge in [0.05, 0.1) is 0 Å². The number of pyridine rings is 1. The summed E-state index contributed by atoms with van der Waals surface area (Å²) in [5.41, 5.74) is 5.09. The number of furan rings is 1. The van der Waals surface area contributed by atoms with Gasteiger partial charge in [0.2, 0.25) is 0 Å². The lowest BCUT2D eigenvalue weighted by molar-refractivity contribution is 0.589. The molecule has 3 aromatic heterocycles. The number of aromatic nitrogens is 1. The number of benzene rings is 7. The fourth-order valence-corrected chi connectivity index (χ4v) is 8.70. The van der Waals surface area contributed by atoms with E-state index in [4.69, 9.17) is 9.40 Å². The molecule has 7 aromatic carbocycles. The van der Waals surface area contributed by atoms with E-state index in [0.29, 0.717) is 0 Å². The van der Waals surface area contributed by atoms with Crippen molar-refractivity contribution in [2.45, 2.75) is 26.2 Å². The Bertz CT molecular complexity index is 2940. The molecule has 3 nitrogen and oxygen atoms in total. The van der Waals surface area contributed by atoms with Gasteiger partial charge in [-0.3, -0.25) is 4.90 Å². The maximum Gasteiger partial charge on any atom is 0.137 e. The Morgan fingerprint density at radius 3 is 1.90 bits per heavy atom. The molecule has 0 saturated heterocycles. The van der Waals surface area contributed by atoms with Gasteiger partial charge in [0.1, 0.15) is 17.0 Å². The van der Waals surface area contributed by atoms with Gasteiger partial charge in [-0.25, -0.2) is 4.98 Å². The highest BCUT2D eigenvalue weighted by Crippen LogP contribution is 2.45. The molecule has 0 saturated carbocycles. The van der Waals surface area contributed by atoms with Crippen LogP contribution in [0.4, 0.5) is 17.2 Å². The molecule has 49 heavy (non-hydrogen) atoms. The van der Waals surface area contributed by atoms with Crippen LogP contribution >= 0.6 is 11.3 Å². The van der Waals surface area contributed by atoms with Crippen LogP contribution in [0, 0.1) is 0 Å². The first-order valence-corrected chi connectivity index (χ1v) is 17.6. The Balaban J connectivity index is 1.26. The van der Waals surface area contributed by atoms with Gasteiger partial charge in [0.15, 0.2) is 0 Å². The standard InChI is InChI=1S/C45H32N2OS/c1-45(2,3)27-20-21-46-44(22-27)47(29-17-19-41-38(24-29)33-12-6-8-14-40(33)48-41)28-16-18-32-35(23-28)30-10-4-5-11-31(30)36-25-39-34-13-7-9-15-42(34)49-43(39)26-37(32)36/h4-26H,1-3H3. The Hall–Kier alpha value is -5.71. The van der Waals surface area contributed by atoms with Gasteiger partial charge in [-0.1, -0.05) is 87.5 Å². The van der Waals surface area contributed by atoms with Gasteiger partial charge in [0, 0.05) is 48.5 Å². The summed E-state index contributed by atoms with van der Waals surface area (Å²) in [7, 11) is 0. The second-order valence-electron chi connectivity index (χ2n) is 14.0. The van der Waals surface area contributed by atoms with E-state index < -0.39 is 0 Å². The minimum absolute atomic E-state index is 0.0233. The molecule has 0 atom stereocenters. The Morgan fingerprint density at radius 1 is 0.490 bits per heavy atom. The quantitative estimate of drug-likeness (QED) is 0.179. The van der Waals surface area contributed by atoms with Crippen LogP contribution < -0.4 is 4.90 Å². The lowest BCUT2D eigenvalue weighted by Gasteiger charge is -2.27. The number of para-hydroxylation sites is 1. The topological polar surface area (TPSA) is 29.3 Å². The minimum atomic E-state index is -0.0233. The number of fused-ring (bicyclic) bond motifs is 12. The molecule has 10 rings (SSSR count). The van der Waals surface area contributed by atoms with E-state index in [2.05, 4.69) is 147 Å². The molecule has 10 aromatic rings. The molecule has 0 aliphatic heterocycles. The monoisotopic (exact) mass is 648 g/mol. The number of hydrogen-bond donors (Lipinski definition) is 0. The van der Waals surface area contributed by atoms with Crippen molar-refractivity contribution in [1.82, 2.24) is 4.98 Å². The van der Waals surface area contributed by atoms with E-state index in [1.54, 1.807) is 0 Å². The molecule has 0 aliphatic carbocycles. The maximum absolute atomic E-state index is 6.23. The highest BCUT2D eigenvalue weighted by atomic mass is 32.1. The number of hydrogen-bond acceptors (Lipinski definition) is 4. The van der Waals surface area contributed by atoms with Gasteiger partial charge < -0.3 is 4.42 Å². The van der Waals surface area contributed by atoms with Crippen molar-refractivity contribution in [1.29, 1.82) is 0 Å². The summed E-state index contributed by atoms with van der Waals surface area (Å²) in [5, 5.41) is 12.4. The molecule has 0 aliphatic rings. The van der Waals surface area contributed by atoms with Crippen molar-refractivity contribution < 1.29 is 4.42 Å². The Kier molecular flexibility index (Phi) is 6.01. The van der Waals surface area contributed by atoms with Crippen LogP contribution in [0.1, 0.15) is 26.3 Å². The zero-order valence-corrected chi connectivity index (χ0v) is 28.3. The molecule has 4 heteroatoms. The molecule has 0 amide bonds. The summed E-state index contributed by atoms with van der Waals surface area (Å²) in [6, 6.07) is 48.5. The number of nitrogens with zero attached hydrogens (tertiary/aromatic N) is 2. The fraction of sp³-hybridized carbons (Fsp3) is 0.0889. The predicted molar refractivity (Wildman–Crippen MR) is 210 cm³/mol. The molecule has 0 radical (unpaired) electrons. The van der Waals surface area contributed by atoms with Crippen LogP contribution in [0.3, 0.4) is 0 Å². The van der Waals surface area contributed by atoms with Gasteiger partial charge in [-0.15, -0.1) is 11.3 Å². The van der Waals surface area contributed by atoms with Crippen molar-refractivity contribution in [2.75, 3.05) is 4.90 Å². The molecular formula is C45H32N2OS. The molecule has 0 N–H and O–H groups in total. The van der Waals surface area contributed by atoms with Gasteiger partial charge >= 0.3 is 0 Å². The van der Waals surface area contributed by atoms with E-state index in [1.165, 1.54) is 58.1 Å². The number of anilines is 3. The van der Waals surface area contributed by atoms with E-state index in [1.807, 2.05) is 29.7 Å². The number of rotatable bonds is 3. The lowest BCUT2D eigenvalue weighted by Crippen LogP contribution is -2.15. The average molecular weight is 649 g/mol. The van der Waals surface area contributed by atoms with Crippen molar-refractivity contribution in [3.8, 4) is 0 Å². The molecule has 3 heterocycles. The van der Waals surface area contributed by atoms with E-state index in [0.717, 1.165) is 39.1 Å². The van der Waals surface area contributed by atoms with Crippen molar-refractivity contribution >= 4 is 103 Å². The fourth-order valence-electron chi connectivity index (χ4n) is 7.57. The molecule has 0 fully saturated rings. The molecule has 0 unspecified atom stereocenters. The van der Waals surface area contributed by atoms with Crippen LogP contribution in [0.2, 0.25) is 0 Å². The molecule has 0 bridgehead atoms. The van der Waals surface area contributed by atoms with Gasteiger partial charge in [0.25, 0.3) is 0 Å². The van der Waals surface area contributed by atoms with E-state index in [9.17, 15) is 0 Å². The SMILES string of the molecule is CC(C)(C)c1ccnc(N(c2ccc3oc4ccccc4c3c2)c2ccc3c(c2)c2ccccc2c2cc4c(cc32)sc2ccccc24)c1. The summed E-state index contributed by atoms with van der Waals surface area (Å²) >= 11 is 1.87. The normalized spacial score (nSPS) is 12.4. The highest BCUT2D eigenvalue weighted by Gasteiger charge is 2.21. The average Bonchev–Trinajstić information content (AvgIpc) is 3.68. The van der Waals surface area contributed by atoms with Crippen molar-refractivity contribution in [2.24, 2.45) is 0 Å². The van der Waals surface area contributed by atoms with Crippen molar-refractivity contribution in [3.63, 3.8) is 0 Å². The van der Waals surface area contributed by atoms with Crippen LogP contribution in [0.15, 0.2) is 144 Å².